The van der Waals surface area contributed by atoms with Crippen LogP contribution in [0, 0.1) is 6.92 Å². The maximum Gasteiger partial charge on any atom is 0.295 e. The van der Waals surface area contributed by atoms with Gasteiger partial charge in [0.25, 0.3) is 5.91 Å². The number of nitrogens with zero attached hydrogens (tertiary/aromatic N) is 1. The largest absolute Gasteiger partial charge is 0.872 e. The number of rotatable bonds is 7. The number of carbonyl (C=O) groups excluding carboxylic acids is 2. The Morgan fingerprint density at radius 1 is 1.13 bits per heavy atom. The van der Waals surface area contributed by atoms with Crippen molar-refractivity contribution in [1.29, 1.82) is 0 Å². The van der Waals surface area contributed by atoms with Crippen LogP contribution in [0.15, 0.2) is 48.0 Å². The highest BCUT2D eigenvalue weighted by Crippen LogP contribution is 2.38. The minimum Gasteiger partial charge on any atom is -0.872 e. The maximum absolute atomic E-state index is 13.5. The highest BCUT2D eigenvalue weighted by molar-refractivity contribution is 6.46. The molecule has 1 unspecified atom stereocenters. The summed E-state index contributed by atoms with van der Waals surface area (Å²) in [6, 6.07) is 12.2. The third-order valence-electron chi connectivity index (χ3n) is 5.74. The summed E-state index contributed by atoms with van der Waals surface area (Å²) >= 11 is 0. The van der Waals surface area contributed by atoms with E-state index in [9.17, 15) is 14.7 Å². The fourth-order valence-corrected chi connectivity index (χ4v) is 3.90. The van der Waals surface area contributed by atoms with E-state index in [0.29, 0.717) is 24.4 Å². The molecule has 3 rings (SSSR count). The molecular formula is C25H30N2O4. The molecular weight excluding hydrogens is 392 g/mol. The molecule has 2 aromatic rings. The number of ketones is 1. The minimum absolute atomic E-state index is 0.0209. The van der Waals surface area contributed by atoms with E-state index in [2.05, 4.69) is 6.92 Å². The molecule has 1 heterocycles. The van der Waals surface area contributed by atoms with Crippen LogP contribution in [0.1, 0.15) is 35.2 Å². The zero-order valence-electron chi connectivity index (χ0n) is 18.8. The van der Waals surface area contributed by atoms with Gasteiger partial charge < -0.3 is 19.6 Å². The van der Waals surface area contributed by atoms with Gasteiger partial charge in [-0.3, -0.25) is 9.59 Å². The summed E-state index contributed by atoms with van der Waals surface area (Å²) in [6.07, 6.45) is 0.886. The van der Waals surface area contributed by atoms with E-state index in [-0.39, 0.29) is 5.57 Å². The van der Waals surface area contributed by atoms with Crippen molar-refractivity contribution in [1.82, 2.24) is 4.90 Å². The van der Waals surface area contributed by atoms with E-state index in [0.717, 1.165) is 28.0 Å². The van der Waals surface area contributed by atoms with Crippen LogP contribution in [-0.2, 0) is 16.0 Å². The summed E-state index contributed by atoms with van der Waals surface area (Å²) in [5.74, 6) is -1.07. The summed E-state index contributed by atoms with van der Waals surface area (Å²) in [5.41, 5.74) is 3.13. The molecule has 1 N–H and O–H groups in total. The number of Topliss-reactive ketones (excluding diaryl/α,β-unsaturated/α-hetero) is 1. The van der Waals surface area contributed by atoms with Crippen molar-refractivity contribution >= 4 is 17.4 Å². The molecule has 1 atom stereocenters. The first-order valence-corrected chi connectivity index (χ1v) is 10.6. The second kappa shape index (κ2) is 9.35. The molecule has 1 aliphatic heterocycles. The number of amides is 1. The van der Waals surface area contributed by atoms with Crippen LogP contribution in [-0.4, -0.2) is 50.9 Å². The van der Waals surface area contributed by atoms with Gasteiger partial charge in [0, 0.05) is 5.57 Å². The molecule has 1 fully saturated rings. The van der Waals surface area contributed by atoms with Gasteiger partial charge in [0.15, 0.2) is 0 Å². The molecule has 6 nitrogen and oxygen atoms in total. The molecule has 0 aromatic heterocycles. The summed E-state index contributed by atoms with van der Waals surface area (Å²) in [6.45, 7) is 4.98. The molecule has 31 heavy (non-hydrogen) atoms. The van der Waals surface area contributed by atoms with Gasteiger partial charge in [0.05, 0.1) is 40.3 Å². The standard InChI is InChI=1S/C25H30N2O4/c1-6-17-7-9-18(10-8-17)22-21(24(29)25(30)27(22)14-13-26(3)4)23(28)19-11-12-20(31-5)16(2)15-19/h7-12,15,22,28H,6,13-14H2,1-5H3. The number of ether oxygens (including phenoxy) is 1. The molecule has 0 spiro atoms. The number of likely N-dealkylation sites (N-methyl/N-ethyl adjacent to an activating group) is 1. The average Bonchev–Trinajstić information content (AvgIpc) is 3.01. The molecule has 164 valence electrons. The van der Waals surface area contributed by atoms with Gasteiger partial charge in [0.1, 0.15) is 5.75 Å². The predicted molar refractivity (Wildman–Crippen MR) is 118 cm³/mol. The van der Waals surface area contributed by atoms with Crippen LogP contribution in [0.25, 0.3) is 5.76 Å². The van der Waals surface area contributed by atoms with Crippen molar-refractivity contribution in [2.45, 2.75) is 26.3 Å². The van der Waals surface area contributed by atoms with E-state index in [1.54, 1.807) is 30.2 Å². The normalized spacial score (nSPS) is 18.1. The number of methoxy groups -OCH3 is 1. The number of benzene rings is 2. The quantitative estimate of drug-likeness (QED) is 0.409. The first-order chi connectivity index (χ1) is 14.8. The lowest BCUT2D eigenvalue weighted by Gasteiger charge is -2.28. The highest BCUT2D eigenvalue weighted by atomic mass is 16.5. The summed E-state index contributed by atoms with van der Waals surface area (Å²) in [4.78, 5) is 28.6. The van der Waals surface area contributed by atoms with Crippen LogP contribution < -0.4 is 14.7 Å². The first-order valence-electron chi connectivity index (χ1n) is 10.6. The van der Waals surface area contributed by atoms with Crippen molar-refractivity contribution in [2.24, 2.45) is 0 Å². The monoisotopic (exact) mass is 422 g/mol. The van der Waals surface area contributed by atoms with Gasteiger partial charge in [-0.2, -0.15) is 0 Å². The molecule has 0 radical (unpaired) electrons. The number of nitrogens with one attached hydrogen (secondary N) is 1. The van der Waals surface area contributed by atoms with Crippen LogP contribution in [0.3, 0.4) is 0 Å². The molecule has 2 aromatic carbocycles. The van der Waals surface area contributed by atoms with Crippen LogP contribution >= 0.6 is 0 Å². The Kier molecular flexibility index (Phi) is 6.81. The highest BCUT2D eigenvalue weighted by Gasteiger charge is 2.44. The Morgan fingerprint density at radius 2 is 1.81 bits per heavy atom. The molecule has 0 bridgehead atoms. The number of hydrogen-bond donors (Lipinski definition) is 1. The summed E-state index contributed by atoms with van der Waals surface area (Å²) in [5, 5.41) is 13.5. The molecule has 0 saturated carbocycles. The van der Waals surface area contributed by atoms with Gasteiger partial charge in [-0.05, 0) is 47.7 Å². The number of likely N-dealkylation sites (tertiary alicyclic amines) is 1. The number of aryl methyl sites for hydroxylation is 2. The SMILES string of the molecule is CCc1ccc(C2C(=C([O-])c3ccc(OC)c(C)c3)C(=O)C(=O)N2CC[NH+](C)C)cc1. The Morgan fingerprint density at radius 3 is 2.35 bits per heavy atom. The minimum atomic E-state index is -0.711. The van der Waals surface area contributed by atoms with Crippen molar-refractivity contribution in [2.75, 3.05) is 34.3 Å². The lowest BCUT2D eigenvalue weighted by atomic mass is 9.94. The van der Waals surface area contributed by atoms with Crippen LogP contribution in [0.5, 0.6) is 5.75 Å². The van der Waals surface area contributed by atoms with Crippen molar-refractivity contribution < 1.29 is 24.3 Å². The van der Waals surface area contributed by atoms with Gasteiger partial charge in [-0.25, -0.2) is 0 Å². The lowest BCUT2D eigenvalue weighted by Crippen LogP contribution is -3.06. The van der Waals surface area contributed by atoms with Crippen LogP contribution in [0.2, 0.25) is 0 Å². The van der Waals surface area contributed by atoms with Gasteiger partial charge in [-0.15, -0.1) is 0 Å². The van der Waals surface area contributed by atoms with Gasteiger partial charge >= 0.3 is 0 Å². The van der Waals surface area contributed by atoms with Crippen molar-refractivity contribution in [3.05, 3.63) is 70.3 Å². The number of quaternary nitrogens is 1. The average molecular weight is 423 g/mol. The Labute approximate surface area is 183 Å². The van der Waals surface area contributed by atoms with E-state index in [4.69, 9.17) is 4.74 Å². The lowest BCUT2D eigenvalue weighted by molar-refractivity contribution is -0.857. The van der Waals surface area contributed by atoms with E-state index in [1.165, 1.54) is 0 Å². The third-order valence-corrected chi connectivity index (χ3v) is 5.74. The number of carbonyl (C=O) groups is 2. The van der Waals surface area contributed by atoms with Gasteiger partial charge in [-0.1, -0.05) is 43.0 Å². The Balaban J connectivity index is 2.14. The molecule has 0 aliphatic carbocycles. The van der Waals surface area contributed by atoms with E-state index < -0.39 is 23.5 Å². The van der Waals surface area contributed by atoms with Crippen molar-refractivity contribution in [3.63, 3.8) is 0 Å². The first kappa shape index (κ1) is 22.6. The zero-order valence-corrected chi connectivity index (χ0v) is 18.8. The van der Waals surface area contributed by atoms with Crippen molar-refractivity contribution in [3.8, 4) is 5.75 Å². The predicted octanol–water partition coefficient (Wildman–Crippen LogP) is 0.935. The fraction of sp³-hybridized carbons (Fsp3) is 0.360. The summed E-state index contributed by atoms with van der Waals surface area (Å²) < 4.78 is 5.28. The topological polar surface area (TPSA) is 74.1 Å². The Bertz CT molecular complexity index is 1010. The second-order valence-corrected chi connectivity index (χ2v) is 8.21. The zero-order chi connectivity index (χ0) is 22.7. The molecule has 6 heteroatoms. The van der Waals surface area contributed by atoms with Crippen LogP contribution in [0.4, 0.5) is 0 Å². The Hall–Kier alpha value is -3.12. The molecule has 1 amide bonds. The van der Waals surface area contributed by atoms with E-state index >= 15 is 0 Å². The number of hydrogen-bond acceptors (Lipinski definition) is 4. The van der Waals surface area contributed by atoms with Gasteiger partial charge in [0.2, 0.25) is 5.78 Å². The molecule has 1 aliphatic rings. The van der Waals surface area contributed by atoms with E-state index in [1.807, 2.05) is 45.3 Å². The maximum atomic E-state index is 13.5. The third kappa shape index (κ3) is 4.49. The fourth-order valence-electron chi connectivity index (χ4n) is 3.90. The molecule has 1 saturated heterocycles. The summed E-state index contributed by atoms with van der Waals surface area (Å²) in [7, 11) is 5.55. The smallest absolute Gasteiger partial charge is 0.295 e. The second-order valence-electron chi connectivity index (χ2n) is 8.21.